The van der Waals surface area contributed by atoms with Crippen molar-refractivity contribution in [3.05, 3.63) is 35.4 Å². The number of hydrogen-bond donors (Lipinski definition) is 1. The number of nitrogens with zero attached hydrogens (tertiary/aromatic N) is 3. The van der Waals surface area contributed by atoms with Gasteiger partial charge in [0.25, 0.3) is 11.8 Å². The van der Waals surface area contributed by atoms with Crippen molar-refractivity contribution < 1.29 is 14.4 Å². The molecule has 0 atom stereocenters. The number of likely N-dealkylation sites (tertiary alicyclic amines) is 1. The average Bonchev–Trinajstić information content (AvgIpc) is 2.87. The summed E-state index contributed by atoms with van der Waals surface area (Å²) in [7, 11) is 0. The zero-order valence-corrected chi connectivity index (χ0v) is 16.1. The van der Waals surface area contributed by atoms with E-state index in [-0.39, 0.29) is 17.8 Å². The van der Waals surface area contributed by atoms with Gasteiger partial charge in [0.15, 0.2) is 0 Å². The highest BCUT2D eigenvalue weighted by Gasteiger charge is 2.57. The van der Waals surface area contributed by atoms with Crippen molar-refractivity contribution in [3.63, 3.8) is 0 Å². The molecule has 2 fully saturated rings. The molecule has 2 saturated heterocycles. The predicted octanol–water partition coefficient (Wildman–Crippen LogP) is 2.35. The van der Waals surface area contributed by atoms with Gasteiger partial charge in [-0.15, -0.1) is 0 Å². The maximum absolute atomic E-state index is 12.9. The lowest BCUT2D eigenvalue weighted by Crippen LogP contribution is -2.57. The maximum Gasteiger partial charge on any atom is 0.327 e. The fourth-order valence-electron chi connectivity index (χ4n) is 4.11. The first-order chi connectivity index (χ1) is 12.9. The Bertz CT molecular complexity index is 779. The number of amides is 4. The molecule has 2 heterocycles. The van der Waals surface area contributed by atoms with Crippen LogP contribution in [0.2, 0.25) is 0 Å². The van der Waals surface area contributed by atoms with E-state index in [2.05, 4.69) is 0 Å². The Balaban J connectivity index is 1.74. The highest BCUT2D eigenvalue weighted by atomic mass is 16.2. The molecule has 2 aliphatic rings. The number of carbonyl (C=O) groups is 3. The summed E-state index contributed by atoms with van der Waals surface area (Å²) in [5.74, 6) is -0.207. The Morgan fingerprint density at radius 3 is 2.07 bits per heavy atom. The van der Waals surface area contributed by atoms with E-state index in [0.29, 0.717) is 50.3 Å². The van der Waals surface area contributed by atoms with Gasteiger partial charge in [-0.1, -0.05) is 12.1 Å². The van der Waals surface area contributed by atoms with Crippen molar-refractivity contribution in [1.29, 1.82) is 5.41 Å². The molecule has 0 aliphatic carbocycles. The average molecular weight is 370 g/mol. The van der Waals surface area contributed by atoms with E-state index in [9.17, 15) is 14.4 Å². The minimum atomic E-state index is -0.806. The molecule has 1 aromatic carbocycles. The van der Waals surface area contributed by atoms with Gasteiger partial charge in [-0.25, -0.2) is 4.79 Å². The van der Waals surface area contributed by atoms with Crippen LogP contribution >= 0.6 is 0 Å². The third-order valence-corrected chi connectivity index (χ3v) is 5.70. The molecule has 0 saturated carbocycles. The molecular formula is C20H26N4O3. The third kappa shape index (κ3) is 3.01. The SMILES string of the molecule is CCN1C(=O)N(CC)C2(CCN(C(=O)c3ccc(C(C)=N)cc3)CC2)C1=O. The van der Waals surface area contributed by atoms with Crippen LogP contribution in [0.25, 0.3) is 0 Å². The first kappa shape index (κ1) is 19.1. The zero-order chi connectivity index (χ0) is 19.8. The van der Waals surface area contributed by atoms with Crippen molar-refractivity contribution in [1.82, 2.24) is 14.7 Å². The standard InChI is InChI=1S/C20H26N4O3/c1-4-23-18(26)20(24(5-2)19(23)27)10-12-22(13-11-20)17(25)16-8-6-15(7-9-16)14(3)21/h6-9,21H,4-5,10-13H2,1-3H3. The van der Waals surface area contributed by atoms with Crippen LogP contribution in [0.1, 0.15) is 49.5 Å². The number of piperidine rings is 1. The second-order valence-corrected chi connectivity index (χ2v) is 7.10. The first-order valence-electron chi connectivity index (χ1n) is 9.44. The second-order valence-electron chi connectivity index (χ2n) is 7.10. The van der Waals surface area contributed by atoms with Gasteiger partial charge >= 0.3 is 6.03 Å². The summed E-state index contributed by atoms with van der Waals surface area (Å²) >= 11 is 0. The third-order valence-electron chi connectivity index (χ3n) is 5.70. The molecule has 1 spiro atoms. The molecule has 0 bridgehead atoms. The van der Waals surface area contributed by atoms with Crippen molar-refractivity contribution in [2.45, 2.75) is 39.2 Å². The first-order valence-corrected chi connectivity index (χ1v) is 9.44. The quantitative estimate of drug-likeness (QED) is 0.652. The van der Waals surface area contributed by atoms with E-state index < -0.39 is 5.54 Å². The van der Waals surface area contributed by atoms with E-state index in [1.54, 1.807) is 47.9 Å². The zero-order valence-electron chi connectivity index (χ0n) is 16.1. The van der Waals surface area contributed by atoms with E-state index in [1.165, 1.54) is 4.90 Å². The van der Waals surface area contributed by atoms with Crippen LogP contribution in [0.3, 0.4) is 0 Å². The van der Waals surface area contributed by atoms with Crippen molar-refractivity contribution >= 4 is 23.6 Å². The number of carbonyl (C=O) groups excluding carboxylic acids is 3. The maximum atomic E-state index is 12.9. The van der Waals surface area contributed by atoms with Gasteiger partial charge in [0.1, 0.15) is 5.54 Å². The Hall–Kier alpha value is -2.70. The second kappa shape index (κ2) is 7.13. The van der Waals surface area contributed by atoms with E-state index in [1.807, 2.05) is 6.92 Å². The summed E-state index contributed by atoms with van der Waals surface area (Å²) in [5, 5.41) is 7.64. The van der Waals surface area contributed by atoms with Crippen LogP contribution < -0.4 is 0 Å². The lowest BCUT2D eigenvalue weighted by molar-refractivity contribution is -0.135. The van der Waals surface area contributed by atoms with Gasteiger partial charge < -0.3 is 15.2 Å². The molecule has 0 unspecified atom stereocenters. The van der Waals surface area contributed by atoms with Crippen molar-refractivity contribution in [2.24, 2.45) is 0 Å². The Morgan fingerprint density at radius 1 is 1.04 bits per heavy atom. The predicted molar refractivity (Wildman–Crippen MR) is 102 cm³/mol. The topological polar surface area (TPSA) is 84.8 Å². The summed E-state index contributed by atoms with van der Waals surface area (Å²) in [5.41, 5.74) is 1.02. The number of nitrogens with one attached hydrogen (secondary N) is 1. The van der Waals surface area contributed by atoms with Gasteiger partial charge in [0.05, 0.1) is 0 Å². The monoisotopic (exact) mass is 370 g/mol. The number of benzene rings is 1. The molecule has 144 valence electrons. The lowest BCUT2D eigenvalue weighted by atomic mass is 9.85. The smallest absolute Gasteiger partial charge is 0.327 e. The summed E-state index contributed by atoms with van der Waals surface area (Å²) in [6.07, 6.45) is 0.927. The van der Waals surface area contributed by atoms with Crippen molar-refractivity contribution in [3.8, 4) is 0 Å². The Labute approximate surface area is 159 Å². The highest BCUT2D eigenvalue weighted by molar-refractivity contribution is 6.07. The fraction of sp³-hybridized carbons (Fsp3) is 0.500. The van der Waals surface area contributed by atoms with Gasteiger partial charge in [0, 0.05) is 37.5 Å². The molecule has 1 N–H and O–H groups in total. The summed E-state index contributed by atoms with van der Waals surface area (Å²) in [4.78, 5) is 42.9. The van der Waals surface area contributed by atoms with Crippen molar-refractivity contribution in [2.75, 3.05) is 26.2 Å². The van der Waals surface area contributed by atoms with E-state index in [4.69, 9.17) is 5.41 Å². The molecule has 3 rings (SSSR count). The Kier molecular flexibility index (Phi) is 5.04. The molecule has 0 aromatic heterocycles. The molecule has 7 heteroatoms. The molecular weight excluding hydrogens is 344 g/mol. The summed E-state index contributed by atoms with van der Waals surface area (Å²) in [6.45, 7) is 7.14. The Morgan fingerprint density at radius 2 is 1.59 bits per heavy atom. The minimum Gasteiger partial charge on any atom is -0.338 e. The molecule has 1 aromatic rings. The minimum absolute atomic E-state index is 0.0776. The number of urea groups is 1. The normalized spacial score (nSPS) is 19.1. The van der Waals surface area contributed by atoms with Crippen LogP contribution in [0.15, 0.2) is 24.3 Å². The van der Waals surface area contributed by atoms with Gasteiger partial charge in [-0.2, -0.15) is 0 Å². The molecule has 4 amide bonds. The highest BCUT2D eigenvalue weighted by Crippen LogP contribution is 2.37. The number of hydrogen-bond acceptors (Lipinski definition) is 4. The number of imide groups is 1. The van der Waals surface area contributed by atoms with Crippen LogP contribution in [0.5, 0.6) is 0 Å². The van der Waals surface area contributed by atoms with Gasteiger partial charge in [0.2, 0.25) is 0 Å². The van der Waals surface area contributed by atoms with Gasteiger partial charge in [-0.05, 0) is 51.3 Å². The van der Waals surface area contributed by atoms with Crippen LogP contribution in [0.4, 0.5) is 4.79 Å². The number of rotatable bonds is 4. The molecule has 27 heavy (non-hydrogen) atoms. The van der Waals surface area contributed by atoms with E-state index >= 15 is 0 Å². The van der Waals surface area contributed by atoms with Crippen LogP contribution in [-0.4, -0.2) is 70.0 Å². The summed E-state index contributed by atoms with van der Waals surface area (Å²) < 4.78 is 0. The largest absolute Gasteiger partial charge is 0.338 e. The van der Waals surface area contributed by atoms with Gasteiger partial charge in [-0.3, -0.25) is 14.5 Å². The fourth-order valence-corrected chi connectivity index (χ4v) is 4.11. The molecule has 0 radical (unpaired) electrons. The summed E-state index contributed by atoms with van der Waals surface area (Å²) in [6, 6.07) is 6.81. The van der Waals surface area contributed by atoms with Crippen LogP contribution in [-0.2, 0) is 4.79 Å². The molecule has 2 aliphatic heterocycles. The van der Waals surface area contributed by atoms with Crippen LogP contribution in [0, 0.1) is 5.41 Å². The van der Waals surface area contributed by atoms with E-state index in [0.717, 1.165) is 5.56 Å². The number of likely N-dealkylation sites (N-methyl/N-ethyl adjacent to an activating group) is 2. The molecule has 7 nitrogen and oxygen atoms in total. The lowest BCUT2D eigenvalue weighted by Gasteiger charge is -2.41.